The standard InChI is InChI=1S/C9H7N5O/c10-7(15)6-4-13-9(14-5-6)8-11-2-1-3-12-8/h1-5H,(H2,10,15). The van der Waals surface area contributed by atoms with Crippen LogP contribution in [-0.4, -0.2) is 25.8 Å². The van der Waals surface area contributed by atoms with Crippen LogP contribution in [0.1, 0.15) is 10.4 Å². The monoisotopic (exact) mass is 201 g/mol. The van der Waals surface area contributed by atoms with E-state index in [9.17, 15) is 4.79 Å². The van der Waals surface area contributed by atoms with Gasteiger partial charge in [0.2, 0.25) is 0 Å². The van der Waals surface area contributed by atoms with Crippen molar-refractivity contribution in [3.8, 4) is 11.6 Å². The molecule has 15 heavy (non-hydrogen) atoms. The Morgan fingerprint density at radius 1 is 1.00 bits per heavy atom. The van der Waals surface area contributed by atoms with Gasteiger partial charge in [0.1, 0.15) is 0 Å². The third-order valence-corrected chi connectivity index (χ3v) is 1.70. The molecule has 1 amide bonds. The fraction of sp³-hybridized carbons (Fsp3) is 0. The quantitative estimate of drug-likeness (QED) is 0.739. The molecule has 2 heterocycles. The zero-order valence-electron chi connectivity index (χ0n) is 7.66. The second-order valence-corrected chi connectivity index (χ2v) is 2.73. The number of nitrogens with two attached hydrogens (primary N) is 1. The lowest BCUT2D eigenvalue weighted by atomic mass is 10.3. The largest absolute Gasteiger partial charge is 0.366 e. The van der Waals surface area contributed by atoms with E-state index in [1.165, 1.54) is 12.4 Å². The van der Waals surface area contributed by atoms with Crippen molar-refractivity contribution in [2.75, 3.05) is 0 Å². The summed E-state index contributed by atoms with van der Waals surface area (Å²) in [5.74, 6) is 0.213. The van der Waals surface area contributed by atoms with E-state index in [2.05, 4.69) is 19.9 Å². The van der Waals surface area contributed by atoms with Crippen LogP contribution >= 0.6 is 0 Å². The van der Waals surface area contributed by atoms with Crippen molar-refractivity contribution in [2.45, 2.75) is 0 Å². The Kier molecular flexibility index (Phi) is 2.32. The average Bonchev–Trinajstić information content (AvgIpc) is 2.30. The lowest BCUT2D eigenvalue weighted by Crippen LogP contribution is -2.12. The zero-order chi connectivity index (χ0) is 10.7. The molecule has 0 aliphatic rings. The van der Waals surface area contributed by atoms with E-state index in [0.29, 0.717) is 11.6 Å². The van der Waals surface area contributed by atoms with Crippen LogP contribution in [-0.2, 0) is 0 Å². The van der Waals surface area contributed by atoms with Crippen molar-refractivity contribution in [3.05, 3.63) is 36.4 Å². The van der Waals surface area contributed by atoms with Gasteiger partial charge in [0.25, 0.3) is 5.91 Å². The van der Waals surface area contributed by atoms with E-state index in [4.69, 9.17) is 5.73 Å². The van der Waals surface area contributed by atoms with Gasteiger partial charge in [0.15, 0.2) is 11.6 Å². The zero-order valence-corrected chi connectivity index (χ0v) is 7.66. The summed E-state index contributed by atoms with van der Waals surface area (Å²) in [6.45, 7) is 0. The van der Waals surface area contributed by atoms with Gasteiger partial charge in [-0.25, -0.2) is 19.9 Å². The van der Waals surface area contributed by atoms with Gasteiger partial charge in [0.05, 0.1) is 5.56 Å². The van der Waals surface area contributed by atoms with Gasteiger partial charge < -0.3 is 5.73 Å². The Hall–Kier alpha value is -2.37. The Bertz CT molecular complexity index is 468. The van der Waals surface area contributed by atoms with Crippen LogP contribution in [0.3, 0.4) is 0 Å². The van der Waals surface area contributed by atoms with Gasteiger partial charge in [-0.2, -0.15) is 0 Å². The van der Waals surface area contributed by atoms with Crippen LogP contribution in [0.5, 0.6) is 0 Å². The first-order valence-corrected chi connectivity index (χ1v) is 4.16. The van der Waals surface area contributed by atoms with Gasteiger partial charge in [-0.15, -0.1) is 0 Å². The molecule has 2 rings (SSSR count). The highest BCUT2D eigenvalue weighted by molar-refractivity contribution is 5.92. The van der Waals surface area contributed by atoms with Crippen molar-refractivity contribution in [1.29, 1.82) is 0 Å². The summed E-state index contributed by atoms with van der Waals surface area (Å²) in [6, 6.07) is 1.70. The predicted octanol–water partition coefficient (Wildman–Crippen LogP) is 0.0325. The number of nitrogens with zero attached hydrogens (tertiary/aromatic N) is 4. The first-order valence-electron chi connectivity index (χ1n) is 4.16. The molecule has 0 fully saturated rings. The molecule has 0 atom stereocenters. The average molecular weight is 201 g/mol. The maximum Gasteiger partial charge on any atom is 0.251 e. The van der Waals surface area contributed by atoms with E-state index >= 15 is 0 Å². The van der Waals surface area contributed by atoms with Crippen LogP contribution < -0.4 is 5.73 Å². The minimum Gasteiger partial charge on any atom is -0.366 e. The van der Waals surface area contributed by atoms with E-state index in [-0.39, 0.29) is 5.56 Å². The third kappa shape index (κ3) is 1.93. The van der Waals surface area contributed by atoms with Gasteiger partial charge in [-0.05, 0) is 6.07 Å². The molecular formula is C9H7N5O. The molecule has 0 saturated heterocycles. The number of primary amides is 1. The fourth-order valence-corrected chi connectivity index (χ4v) is 0.985. The molecule has 0 saturated carbocycles. The minimum atomic E-state index is -0.560. The second-order valence-electron chi connectivity index (χ2n) is 2.73. The smallest absolute Gasteiger partial charge is 0.251 e. The van der Waals surface area contributed by atoms with Gasteiger partial charge in [-0.1, -0.05) is 0 Å². The van der Waals surface area contributed by atoms with Crippen LogP contribution in [0.25, 0.3) is 11.6 Å². The van der Waals surface area contributed by atoms with Crippen LogP contribution in [0, 0.1) is 0 Å². The van der Waals surface area contributed by atoms with Crippen molar-refractivity contribution < 1.29 is 4.79 Å². The fourth-order valence-electron chi connectivity index (χ4n) is 0.985. The summed E-state index contributed by atoms with van der Waals surface area (Å²) in [5.41, 5.74) is 5.31. The highest BCUT2D eigenvalue weighted by Crippen LogP contribution is 2.06. The first kappa shape index (κ1) is 9.20. The van der Waals surface area contributed by atoms with E-state index in [1.54, 1.807) is 18.5 Å². The topological polar surface area (TPSA) is 94.7 Å². The van der Waals surface area contributed by atoms with Gasteiger partial charge in [0, 0.05) is 24.8 Å². The van der Waals surface area contributed by atoms with Gasteiger partial charge >= 0.3 is 0 Å². The summed E-state index contributed by atoms with van der Waals surface area (Å²) in [5, 5.41) is 0. The molecule has 0 radical (unpaired) electrons. The number of aromatic nitrogens is 4. The Morgan fingerprint density at radius 2 is 1.53 bits per heavy atom. The molecule has 2 aromatic heterocycles. The number of hydrogen-bond donors (Lipinski definition) is 1. The Labute approximate surface area is 85.2 Å². The number of rotatable bonds is 2. The number of amides is 1. The minimum absolute atomic E-state index is 0.259. The molecule has 0 bridgehead atoms. The van der Waals surface area contributed by atoms with Gasteiger partial charge in [-0.3, -0.25) is 4.79 Å². The molecule has 2 N–H and O–H groups in total. The Morgan fingerprint density at radius 3 is 2.07 bits per heavy atom. The predicted molar refractivity (Wildman–Crippen MR) is 51.6 cm³/mol. The highest BCUT2D eigenvalue weighted by Gasteiger charge is 2.05. The first-order chi connectivity index (χ1) is 7.27. The molecule has 6 nitrogen and oxygen atoms in total. The third-order valence-electron chi connectivity index (χ3n) is 1.70. The summed E-state index contributed by atoms with van der Waals surface area (Å²) in [4.78, 5) is 26.6. The molecule has 74 valence electrons. The SMILES string of the molecule is NC(=O)c1cnc(-c2ncccn2)nc1. The lowest BCUT2D eigenvalue weighted by Gasteiger charge is -1.97. The van der Waals surface area contributed by atoms with Crippen molar-refractivity contribution in [2.24, 2.45) is 5.73 Å². The van der Waals surface area contributed by atoms with Crippen molar-refractivity contribution >= 4 is 5.91 Å². The van der Waals surface area contributed by atoms with E-state index < -0.39 is 5.91 Å². The Balaban J connectivity index is 2.36. The maximum absolute atomic E-state index is 10.8. The second kappa shape index (κ2) is 3.79. The maximum atomic E-state index is 10.8. The van der Waals surface area contributed by atoms with Crippen molar-refractivity contribution in [1.82, 2.24) is 19.9 Å². The molecule has 0 unspecified atom stereocenters. The van der Waals surface area contributed by atoms with Crippen LogP contribution in [0.4, 0.5) is 0 Å². The summed E-state index contributed by atoms with van der Waals surface area (Å²) in [6.07, 6.45) is 5.88. The highest BCUT2D eigenvalue weighted by atomic mass is 16.1. The molecule has 0 aromatic carbocycles. The molecule has 0 spiro atoms. The molecule has 0 aliphatic heterocycles. The van der Waals surface area contributed by atoms with E-state index in [1.807, 2.05) is 0 Å². The summed E-state index contributed by atoms with van der Waals surface area (Å²) >= 11 is 0. The lowest BCUT2D eigenvalue weighted by molar-refractivity contribution is 0.0999. The molecule has 0 aliphatic carbocycles. The van der Waals surface area contributed by atoms with Crippen molar-refractivity contribution in [3.63, 3.8) is 0 Å². The van der Waals surface area contributed by atoms with Crippen LogP contribution in [0.15, 0.2) is 30.9 Å². The number of hydrogen-bond acceptors (Lipinski definition) is 5. The number of carbonyl (C=O) groups excluding carboxylic acids is 1. The molecule has 2 aromatic rings. The number of carbonyl (C=O) groups is 1. The molecular weight excluding hydrogens is 194 g/mol. The summed E-state index contributed by atoms with van der Waals surface area (Å²) in [7, 11) is 0. The van der Waals surface area contributed by atoms with E-state index in [0.717, 1.165) is 0 Å². The molecule has 6 heteroatoms. The van der Waals surface area contributed by atoms with Crippen LogP contribution in [0.2, 0.25) is 0 Å². The normalized spacial score (nSPS) is 9.87. The summed E-state index contributed by atoms with van der Waals surface area (Å²) < 4.78 is 0.